The van der Waals surface area contributed by atoms with E-state index >= 15 is 0 Å². The van der Waals surface area contributed by atoms with Gasteiger partial charge in [-0.3, -0.25) is 10.5 Å². The predicted molar refractivity (Wildman–Crippen MR) is 168 cm³/mol. The smallest absolute Gasteiger partial charge is 0.322 e. The van der Waals surface area contributed by atoms with Crippen LogP contribution in [-0.4, -0.2) is 87.8 Å². The van der Waals surface area contributed by atoms with Crippen molar-refractivity contribution < 1.29 is 14.0 Å². The topological polar surface area (TPSA) is 145 Å². The molecule has 4 aliphatic heterocycles. The predicted octanol–water partition coefficient (Wildman–Crippen LogP) is 2.78. The second kappa shape index (κ2) is 12.5. The Kier molecular flexibility index (Phi) is 8.15. The molecular formula is C31H40FN11O2. The van der Waals surface area contributed by atoms with Crippen LogP contribution >= 0.6 is 0 Å². The van der Waals surface area contributed by atoms with Crippen LogP contribution in [0, 0.1) is 18.7 Å². The second-order valence-electron chi connectivity index (χ2n) is 12.5. The van der Waals surface area contributed by atoms with Gasteiger partial charge in [0.25, 0.3) is 0 Å². The normalized spacial score (nSPS) is 20.3. The van der Waals surface area contributed by atoms with E-state index in [0.717, 1.165) is 60.1 Å². The number of anilines is 1. The highest BCUT2D eigenvalue weighted by Gasteiger charge is 2.35. The van der Waals surface area contributed by atoms with E-state index in [-0.39, 0.29) is 23.8 Å². The molecule has 1 atom stereocenters. The van der Waals surface area contributed by atoms with Crippen molar-refractivity contribution >= 4 is 34.5 Å². The van der Waals surface area contributed by atoms with Crippen molar-refractivity contribution in [3.05, 3.63) is 59.0 Å². The monoisotopic (exact) mass is 617 g/mol. The fraction of sp³-hybridized carbons (Fsp3) is 0.484. The number of hydrogen-bond donors (Lipinski definition) is 6. The summed E-state index contributed by atoms with van der Waals surface area (Å²) in [5.74, 6) is 0.788. The zero-order valence-electron chi connectivity index (χ0n) is 25.4. The summed E-state index contributed by atoms with van der Waals surface area (Å²) in [6.07, 6.45) is 5.85. The maximum Gasteiger partial charge on any atom is 0.322 e. The van der Waals surface area contributed by atoms with Crippen LogP contribution in [0.25, 0.3) is 10.9 Å². The number of aromatic nitrogens is 2. The zero-order chi connectivity index (χ0) is 30.9. The summed E-state index contributed by atoms with van der Waals surface area (Å²) < 4.78 is 14.2. The van der Waals surface area contributed by atoms with E-state index in [1.54, 1.807) is 15.9 Å². The Hall–Kier alpha value is -4.43. The summed E-state index contributed by atoms with van der Waals surface area (Å²) in [7, 11) is 0. The number of fused-ring (bicyclic) bond motifs is 2. The number of likely N-dealkylation sites (tertiary alicyclic amines) is 1. The maximum absolute atomic E-state index is 14.2. The average Bonchev–Trinajstić information content (AvgIpc) is 3.72. The molecule has 1 unspecified atom stereocenters. The van der Waals surface area contributed by atoms with Crippen molar-refractivity contribution in [2.45, 2.75) is 57.7 Å². The van der Waals surface area contributed by atoms with Crippen molar-refractivity contribution in [2.24, 2.45) is 11.0 Å². The lowest BCUT2D eigenvalue weighted by Crippen LogP contribution is -2.56. The Morgan fingerprint density at radius 2 is 1.98 bits per heavy atom. The highest BCUT2D eigenvalue weighted by Crippen LogP contribution is 2.30. The number of carbonyl (C=O) groups excluding carboxylic acids is 2. The lowest BCUT2D eigenvalue weighted by molar-refractivity contribution is 0.126. The van der Waals surface area contributed by atoms with Crippen LogP contribution in [0.1, 0.15) is 42.4 Å². The molecule has 2 saturated heterocycles. The molecule has 238 valence electrons. The van der Waals surface area contributed by atoms with Crippen LogP contribution in [-0.2, 0) is 13.0 Å². The number of amidine groups is 1. The Morgan fingerprint density at radius 3 is 2.80 bits per heavy atom. The fourth-order valence-corrected chi connectivity index (χ4v) is 6.94. The summed E-state index contributed by atoms with van der Waals surface area (Å²) in [6, 6.07) is 8.15. The summed E-state index contributed by atoms with van der Waals surface area (Å²) in [5.41, 5.74) is 10.7. The molecule has 7 rings (SSSR count). The molecule has 6 N–H and O–H groups in total. The third kappa shape index (κ3) is 6.25. The van der Waals surface area contributed by atoms with Gasteiger partial charge in [-0.1, -0.05) is 18.2 Å². The van der Waals surface area contributed by atoms with Gasteiger partial charge in [0.1, 0.15) is 5.82 Å². The van der Waals surface area contributed by atoms with Gasteiger partial charge in [0.15, 0.2) is 5.84 Å². The van der Waals surface area contributed by atoms with E-state index < -0.39 is 11.9 Å². The van der Waals surface area contributed by atoms with Crippen molar-refractivity contribution in [3.63, 3.8) is 0 Å². The molecule has 2 fully saturated rings. The van der Waals surface area contributed by atoms with Crippen LogP contribution in [0.3, 0.4) is 0 Å². The average molecular weight is 618 g/mol. The highest BCUT2D eigenvalue weighted by molar-refractivity contribution is 5.93. The van der Waals surface area contributed by atoms with Gasteiger partial charge in [0.05, 0.1) is 23.4 Å². The number of carbonyl (C=O) groups is 2. The fourth-order valence-electron chi connectivity index (χ4n) is 6.94. The number of halogens is 1. The molecule has 0 radical (unpaired) electrons. The third-order valence-electron chi connectivity index (χ3n) is 9.44. The standard InChI is InChI=1S/C31H40FN11O2/c1-19-13-21(14-23-16-34-37-27(19)23)15-26(29-38-40-43(39-29)17-20-5-9-33-10-6-20)35-30(44)41-11-7-24(8-12-41)42-18-22-3-2-4-25(32)28(22)36-31(42)45/h2-4,13-14,16,20,24,26,33,40H,5-12,15,17-18H2,1H3,(H,34,37)(H,35,44)(H,36,45)(H,38,39). The van der Waals surface area contributed by atoms with Crippen molar-refractivity contribution in [1.29, 1.82) is 0 Å². The number of para-hydroxylation sites is 1. The number of hydrazine groups is 2. The number of H-pyrrole nitrogens is 1. The van der Waals surface area contributed by atoms with Gasteiger partial charge in [0.2, 0.25) is 0 Å². The van der Waals surface area contributed by atoms with E-state index in [9.17, 15) is 14.0 Å². The Labute approximate surface area is 260 Å². The minimum absolute atomic E-state index is 0.0421. The van der Waals surface area contributed by atoms with Crippen LogP contribution in [0.15, 0.2) is 41.6 Å². The minimum Gasteiger partial charge on any atom is -0.328 e. The first kappa shape index (κ1) is 29.3. The van der Waals surface area contributed by atoms with E-state index in [2.05, 4.69) is 54.3 Å². The van der Waals surface area contributed by atoms with E-state index in [0.29, 0.717) is 50.7 Å². The molecule has 2 aromatic carbocycles. The quantitative estimate of drug-likeness (QED) is 0.239. The number of nitrogens with one attached hydrogen (secondary N) is 6. The summed E-state index contributed by atoms with van der Waals surface area (Å²) in [4.78, 5) is 30.1. The largest absolute Gasteiger partial charge is 0.328 e. The van der Waals surface area contributed by atoms with Gasteiger partial charge in [-0.05, 0) is 80.4 Å². The number of benzene rings is 2. The molecule has 3 aromatic rings. The lowest BCUT2D eigenvalue weighted by Gasteiger charge is -2.40. The summed E-state index contributed by atoms with van der Waals surface area (Å²) >= 11 is 0. The van der Waals surface area contributed by atoms with Crippen LogP contribution < -0.4 is 26.9 Å². The van der Waals surface area contributed by atoms with E-state index in [1.807, 2.05) is 24.3 Å². The molecule has 0 spiro atoms. The number of nitrogens with zero attached hydrogens (tertiary/aromatic N) is 5. The first-order chi connectivity index (χ1) is 21.9. The molecule has 0 saturated carbocycles. The van der Waals surface area contributed by atoms with Gasteiger partial charge in [-0.15, -0.1) is 10.2 Å². The molecule has 1 aromatic heterocycles. The number of hydrogen-bond acceptors (Lipinski definition) is 8. The first-order valence-corrected chi connectivity index (χ1v) is 15.8. The number of aryl methyl sites for hydroxylation is 1. The highest BCUT2D eigenvalue weighted by atomic mass is 19.1. The van der Waals surface area contributed by atoms with Crippen LogP contribution in [0.2, 0.25) is 0 Å². The molecule has 5 heterocycles. The van der Waals surface area contributed by atoms with Crippen molar-refractivity contribution in [3.8, 4) is 0 Å². The summed E-state index contributed by atoms with van der Waals surface area (Å²) in [5, 5.41) is 24.1. The molecule has 14 heteroatoms. The Balaban J connectivity index is 1.01. The number of amides is 4. The molecule has 0 bridgehead atoms. The second-order valence-corrected chi connectivity index (χ2v) is 12.5. The van der Waals surface area contributed by atoms with Gasteiger partial charge < -0.3 is 25.8 Å². The van der Waals surface area contributed by atoms with Crippen LogP contribution in [0.4, 0.5) is 19.7 Å². The minimum atomic E-state index is -0.424. The molecule has 0 aliphatic carbocycles. The van der Waals surface area contributed by atoms with Gasteiger partial charge in [-0.2, -0.15) is 5.10 Å². The number of piperidine rings is 2. The SMILES string of the molecule is Cc1cc(CC(NC(=O)N2CCC(N3Cc4cccc(F)c4NC3=O)CC2)C2=NNN(CC3CCNCC3)N2)cc2cn[nH]c12. The Bertz CT molecular complexity index is 1600. The van der Waals surface area contributed by atoms with Gasteiger partial charge in [-0.25, -0.2) is 19.5 Å². The van der Waals surface area contributed by atoms with Crippen molar-refractivity contribution in [1.82, 2.24) is 46.7 Å². The van der Waals surface area contributed by atoms with Crippen molar-refractivity contribution in [2.75, 3.05) is 38.0 Å². The molecule has 13 nitrogen and oxygen atoms in total. The molecule has 4 amide bonds. The maximum atomic E-state index is 14.2. The molecule has 45 heavy (non-hydrogen) atoms. The van der Waals surface area contributed by atoms with Gasteiger partial charge >= 0.3 is 12.1 Å². The first-order valence-electron chi connectivity index (χ1n) is 15.8. The number of rotatable bonds is 7. The number of hydrazone groups is 1. The lowest BCUT2D eigenvalue weighted by atomic mass is 9.98. The van der Waals surface area contributed by atoms with E-state index in [1.165, 1.54) is 6.07 Å². The molecule has 4 aliphatic rings. The van der Waals surface area contributed by atoms with Crippen LogP contribution in [0.5, 0.6) is 0 Å². The number of urea groups is 2. The number of aromatic amines is 1. The Morgan fingerprint density at radius 1 is 1.16 bits per heavy atom. The van der Waals surface area contributed by atoms with E-state index in [4.69, 9.17) is 0 Å². The molecular weight excluding hydrogens is 577 g/mol. The summed E-state index contributed by atoms with van der Waals surface area (Å²) in [6.45, 7) is 6.26. The third-order valence-corrected chi connectivity index (χ3v) is 9.44. The zero-order valence-corrected chi connectivity index (χ0v) is 25.4. The van der Waals surface area contributed by atoms with Gasteiger partial charge in [0, 0.05) is 44.0 Å².